The molecule has 0 saturated carbocycles. The Kier molecular flexibility index (Phi) is 42.7. The molecule has 0 fully saturated rings. The van der Waals surface area contributed by atoms with E-state index in [1.807, 2.05) is 48.6 Å². The van der Waals surface area contributed by atoms with Crippen LogP contribution in [0, 0.1) is 24.3 Å². The van der Waals surface area contributed by atoms with E-state index in [-0.39, 0.29) is 37.2 Å². The van der Waals surface area contributed by atoms with Gasteiger partial charge < -0.3 is 24.8 Å². The van der Waals surface area contributed by atoms with Gasteiger partial charge in [0.05, 0.1) is 0 Å². The first-order valence-corrected chi connectivity index (χ1v) is 19.1. The predicted molar refractivity (Wildman–Crippen MR) is 121 cm³/mol. The molecule has 0 spiro atoms. The molecule has 6 heteroatoms. The van der Waals surface area contributed by atoms with Crippen molar-refractivity contribution in [3.05, 3.63) is 97.2 Å². The van der Waals surface area contributed by atoms with E-state index in [0.29, 0.717) is 0 Å². The van der Waals surface area contributed by atoms with Gasteiger partial charge in [0.25, 0.3) is 0 Å². The molecular weight excluding hydrogens is 511 g/mol. The van der Waals surface area contributed by atoms with Gasteiger partial charge in [-0.15, -0.1) is 25.7 Å². The maximum absolute atomic E-state index is 2.99. The van der Waals surface area contributed by atoms with Gasteiger partial charge in [0.1, 0.15) is 0 Å². The molecule has 30 heavy (non-hydrogen) atoms. The predicted octanol–water partition coefficient (Wildman–Crippen LogP) is 0.799. The van der Waals surface area contributed by atoms with Crippen molar-refractivity contribution < 1.29 is 63.2 Å². The molecule has 0 bridgehead atoms. The van der Waals surface area contributed by atoms with Gasteiger partial charge in [-0.1, -0.05) is 0 Å². The summed E-state index contributed by atoms with van der Waals surface area (Å²) in [6, 6.07) is 0. The van der Waals surface area contributed by atoms with Crippen molar-refractivity contribution in [2.24, 2.45) is 0 Å². The molecule has 0 aliphatic heterocycles. The zero-order valence-corrected chi connectivity index (χ0v) is 25.1. The summed E-state index contributed by atoms with van der Waals surface area (Å²) in [5.41, 5.74) is 0. The number of hydrogen-bond donors (Lipinski definition) is 0. The number of halogens is 2. The van der Waals surface area contributed by atoms with Gasteiger partial charge in [0, 0.05) is 0 Å². The van der Waals surface area contributed by atoms with E-state index in [4.69, 9.17) is 0 Å². The quantitative estimate of drug-likeness (QED) is 0.314. The first-order chi connectivity index (χ1) is 13.5. The molecule has 0 radical (unpaired) electrons. The van der Waals surface area contributed by atoms with E-state index < -0.39 is 0 Å². The summed E-state index contributed by atoms with van der Waals surface area (Å²) in [6.07, 6.45) is 40.2. The normalized spacial score (nSPS) is 13.6. The summed E-state index contributed by atoms with van der Waals surface area (Å²) in [6.45, 7) is 9.07. The van der Waals surface area contributed by atoms with Crippen LogP contribution in [0.3, 0.4) is 0 Å². The van der Waals surface area contributed by atoms with Crippen LogP contribution >= 0.6 is 0 Å². The van der Waals surface area contributed by atoms with Gasteiger partial charge in [0.15, 0.2) is 0 Å². The molecule has 4 rings (SSSR count). The van der Waals surface area contributed by atoms with E-state index >= 15 is 0 Å². The molecule has 0 unspecified atom stereocenters. The molecule has 4 aliphatic rings. The van der Waals surface area contributed by atoms with Crippen molar-refractivity contribution in [3.63, 3.8) is 0 Å². The van der Waals surface area contributed by atoms with Crippen LogP contribution in [0.25, 0.3) is 0 Å². The fourth-order valence-corrected chi connectivity index (χ4v) is 1.36. The molecule has 0 amide bonds. The Hall–Kier alpha value is 0.362. The Morgan fingerprint density at radius 3 is 0.700 bits per heavy atom. The number of rotatable bonds is 0. The molecule has 0 aromatic heterocycles. The first kappa shape index (κ1) is 37.7. The van der Waals surface area contributed by atoms with Crippen molar-refractivity contribution >= 4 is 12.4 Å². The third kappa shape index (κ3) is 51.2. The van der Waals surface area contributed by atoms with Gasteiger partial charge >= 0.3 is 76.9 Å². The monoisotopic (exact) mass is 542 g/mol. The van der Waals surface area contributed by atoms with Crippen LogP contribution in [0.4, 0.5) is 0 Å². The van der Waals surface area contributed by atoms with Crippen molar-refractivity contribution in [3.8, 4) is 0 Å². The Morgan fingerprint density at radius 1 is 0.500 bits per heavy atom. The maximum Gasteiger partial charge on any atom is -0.109 e. The van der Waals surface area contributed by atoms with Crippen molar-refractivity contribution in [2.75, 3.05) is 0 Å². The Balaban J connectivity index is -0.000000134. The number of hydrogen-bond acceptors (Lipinski definition) is 0. The molecule has 0 heterocycles. The van der Waals surface area contributed by atoms with E-state index in [1.165, 1.54) is 0 Å². The fraction of sp³-hybridized carbons (Fsp3) is 0.333. The van der Waals surface area contributed by atoms with Crippen LogP contribution in [0.5, 0.6) is 0 Å². The second-order valence-electron chi connectivity index (χ2n) is 6.01. The summed E-state index contributed by atoms with van der Waals surface area (Å²) in [4.78, 5) is 0. The molecule has 0 aromatic carbocycles. The molecule has 0 aromatic rings. The minimum atomic E-state index is 0. The Morgan fingerprint density at radius 2 is 0.667 bits per heavy atom. The molecule has 4 aliphatic carbocycles. The summed E-state index contributed by atoms with van der Waals surface area (Å²) in [7, 11) is 0. The largest absolute Gasteiger partial charge is 1.00 e. The zero-order chi connectivity index (χ0) is 21.3. The third-order valence-corrected chi connectivity index (χ3v) is 2.34. The van der Waals surface area contributed by atoms with Crippen molar-refractivity contribution in [2.45, 2.75) is 51.9 Å². The average Bonchev–Trinajstić information content (AvgIpc) is 3.52. The summed E-state index contributed by atoms with van der Waals surface area (Å²) in [5.74, 6) is 0. The number of allylic oxidation sites excluding steroid dienone is 16. The Bertz CT molecular complexity index is 494. The Labute approximate surface area is 222 Å². The molecule has 0 N–H and O–H groups in total. The SMILES string of the molecule is C[Si](C)=[Ti+2].C[Si](C)=[Ti+2].[C-]1=CC=CC1.[C-]1=CC=CC1.[C-]1=CC=CC1.[C-]1=CC=CC1.[Cl-].[Cl-]. The summed E-state index contributed by atoms with van der Waals surface area (Å²) >= 11 is 4.54. The van der Waals surface area contributed by atoms with Gasteiger partial charge in [0.2, 0.25) is 0 Å². The zero-order valence-electron chi connectivity index (χ0n) is 18.5. The van der Waals surface area contributed by atoms with E-state index in [0.717, 1.165) is 25.7 Å². The molecule has 0 nitrogen and oxygen atoms in total. The minimum absolute atomic E-state index is 0. The van der Waals surface area contributed by atoms with Crippen LogP contribution in [0.15, 0.2) is 72.9 Å². The standard InChI is InChI=1S/4C5H5.2C2H6Si.2ClH.2Ti/c4*1-2-4-5-3-1;2*1-3-2;;;;/h4*1-3H,4H2;2*1-2H3;2*1H;;/q4*-1;;;;;2*+2/p-2. The molecular formula is C24H32Cl2Si2Ti2-2. The van der Waals surface area contributed by atoms with Crippen LogP contribution in [0.2, 0.25) is 26.2 Å². The summed E-state index contributed by atoms with van der Waals surface area (Å²) in [5, 5.41) is 0. The second-order valence-corrected chi connectivity index (χ2v) is 19.4. The van der Waals surface area contributed by atoms with Gasteiger partial charge in [-0.05, 0) is 0 Å². The van der Waals surface area contributed by atoms with Gasteiger partial charge in [-0.25, -0.2) is 48.6 Å². The molecule has 160 valence electrons. The topological polar surface area (TPSA) is 0 Å². The fourth-order valence-electron chi connectivity index (χ4n) is 1.36. The van der Waals surface area contributed by atoms with Crippen molar-refractivity contribution in [1.82, 2.24) is 0 Å². The minimum Gasteiger partial charge on any atom is -1.00 e. The average molecular weight is 543 g/mol. The van der Waals surface area contributed by atoms with E-state index in [9.17, 15) is 0 Å². The van der Waals surface area contributed by atoms with Gasteiger partial charge in [-0.2, -0.15) is 24.3 Å². The van der Waals surface area contributed by atoms with Gasteiger partial charge in [-0.3, -0.25) is 24.3 Å². The van der Waals surface area contributed by atoms with Crippen molar-refractivity contribution in [1.29, 1.82) is 0 Å². The van der Waals surface area contributed by atoms with Crippen LogP contribution < -0.4 is 24.8 Å². The third-order valence-electron chi connectivity index (χ3n) is 2.34. The second kappa shape index (κ2) is 34.0. The smallest absolute Gasteiger partial charge is 0.109 e. The van der Waals surface area contributed by atoms with E-state index in [1.54, 1.807) is 0 Å². The van der Waals surface area contributed by atoms with Crippen LogP contribution in [0.1, 0.15) is 25.7 Å². The molecule has 0 saturated heterocycles. The van der Waals surface area contributed by atoms with Crippen LogP contribution in [-0.2, 0) is 38.3 Å². The first-order valence-electron chi connectivity index (χ1n) is 9.37. The maximum atomic E-state index is 2.99. The summed E-state index contributed by atoms with van der Waals surface area (Å²) < 4.78 is 0. The molecule has 0 atom stereocenters. The van der Waals surface area contributed by atoms with E-state index in [2.05, 4.69) is 113 Å². The van der Waals surface area contributed by atoms with Crippen LogP contribution in [-0.4, -0.2) is 12.4 Å².